The van der Waals surface area contributed by atoms with E-state index < -0.39 is 0 Å². The van der Waals surface area contributed by atoms with E-state index in [2.05, 4.69) is 100 Å². The minimum atomic E-state index is 0. The van der Waals surface area contributed by atoms with Crippen LogP contribution >= 0.6 is 87.5 Å². The van der Waals surface area contributed by atoms with E-state index in [1.807, 2.05) is 97.1 Å². The normalized spacial score (nSPS) is 8.47. The third kappa shape index (κ3) is 23.3. The molecule has 6 aromatic carbocycles. The summed E-state index contributed by atoms with van der Waals surface area (Å²) in [5.41, 5.74) is 1.34. The van der Waals surface area contributed by atoms with Gasteiger partial charge in [0.2, 0.25) is 0 Å². The van der Waals surface area contributed by atoms with Gasteiger partial charge in [0, 0.05) is 75.5 Å². The quantitative estimate of drug-likeness (QED) is 0.0572. The summed E-state index contributed by atoms with van der Waals surface area (Å²) in [7, 11) is 0. The lowest BCUT2D eigenvalue weighted by Gasteiger charge is -2.05. The third-order valence-electron chi connectivity index (χ3n) is 6.08. The Bertz CT molecular complexity index is 1600. The molecule has 289 valence electrons. The van der Waals surface area contributed by atoms with Crippen molar-refractivity contribution in [2.24, 2.45) is 0 Å². The summed E-state index contributed by atoms with van der Waals surface area (Å²) in [5.74, 6) is 1.63. The molecule has 0 amide bonds. The second-order valence-electron chi connectivity index (χ2n) is 9.60. The fraction of sp³-hybridized carbons (Fsp3) is 0.140. The molecule has 0 N–H and O–H groups in total. The van der Waals surface area contributed by atoms with E-state index in [0.29, 0.717) is 11.1 Å². The molecule has 0 bridgehead atoms. The molecule has 0 unspecified atom stereocenters. The van der Waals surface area contributed by atoms with Crippen molar-refractivity contribution in [1.29, 1.82) is 0 Å². The van der Waals surface area contributed by atoms with E-state index in [4.69, 9.17) is 4.74 Å². The molecule has 0 aliphatic heterocycles. The Kier molecular flexibility index (Phi) is 39.3. The molecule has 6 aromatic rings. The van der Waals surface area contributed by atoms with Gasteiger partial charge in [0.25, 0.3) is 0 Å². The van der Waals surface area contributed by atoms with Crippen molar-refractivity contribution in [2.45, 2.75) is 83.7 Å². The molecule has 6 rings (SSSR count). The lowest BCUT2D eigenvalue weighted by atomic mass is 10.0. The predicted octanol–water partition coefficient (Wildman–Crippen LogP) is 14.6. The highest BCUT2D eigenvalue weighted by Gasteiger charge is 2.08. The Labute approximate surface area is 377 Å². The van der Waals surface area contributed by atoms with Crippen LogP contribution in [0.5, 0.6) is 11.5 Å². The molecule has 55 heavy (non-hydrogen) atoms. The first-order valence-corrected chi connectivity index (χ1v) is 17.3. The van der Waals surface area contributed by atoms with Gasteiger partial charge in [0.05, 0.1) is 0 Å². The molecule has 2 nitrogen and oxygen atoms in total. The van der Waals surface area contributed by atoms with Crippen molar-refractivity contribution < 1.29 is 9.53 Å². The summed E-state index contributed by atoms with van der Waals surface area (Å²) in [6.07, 6.45) is 0. The van der Waals surface area contributed by atoms with Gasteiger partial charge < -0.3 is 4.74 Å². The van der Waals surface area contributed by atoms with Crippen LogP contribution in [0.3, 0.4) is 0 Å². The second-order valence-corrected chi connectivity index (χ2v) is 13.8. The number of ketones is 1. The minimum absolute atomic E-state index is 0. The van der Waals surface area contributed by atoms with Gasteiger partial charge in [-0.15, -0.1) is 75.8 Å². The van der Waals surface area contributed by atoms with Gasteiger partial charge in [0.15, 0.2) is 5.78 Å². The zero-order valence-corrected chi connectivity index (χ0v) is 32.2. The second kappa shape index (κ2) is 33.6. The maximum atomic E-state index is 12.0. The number of benzene rings is 6. The van der Waals surface area contributed by atoms with Crippen molar-refractivity contribution >= 4 is 119 Å². The SMILES string of the molecule is C.C.C.C.C.C.O=C(c1ccc(S)cc1)c1ccc(S)cc1.Sc1ccc(Oc2ccc(S)cc2)cc1.Sc1ccc(Sc2ccc(S)cc2)cc1.[B].[B].[B]. The molecule has 0 atom stereocenters. The zero-order valence-electron chi connectivity index (χ0n) is 26.0. The molecular formula is C43H54B3O2S7. The molecular weight excluding hydrogens is 805 g/mol. The van der Waals surface area contributed by atoms with Crippen LogP contribution < -0.4 is 4.74 Å². The number of thiol groups is 6. The van der Waals surface area contributed by atoms with Gasteiger partial charge in [0.1, 0.15) is 11.5 Å². The number of carbonyl (C=O) groups excluding carboxylic acids is 1. The van der Waals surface area contributed by atoms with Gasteiger partial charge in [-0.1, -0.05) is 56.3 Å². The largest absolute Gasteiger partial charge is 0.457 e. The molecule has 0 aliphatic rings. The lowest BCUT2D eigenvalue weighted by Crippen LogP contribution is -2.00. The fourth-order valence-electron chi connectivity index (χ4n) is 3.72. The lowest BCUT2D eigenvalue weighted by molar-refractivity contribution is 0.103. The van der Waals surface area contributed by atoms with Gasteiger partial charge in [-0.3, -0.25) is 4.79 Å². The van der Waals surface area contributed by atoms with Crippen LogP contribution in [0.25, 0.3) is 0 Å². The Morgan fingerprint density at radius 3 is 0.782 bits per heavy atom. The molecule has 0 heterocycles. The fourth-order valence-corrected chi connectivity index (χ4v) is 5.43. The smallest absolute Gasteiger partial charge is 0.193 e. The molecule has 9 radical (unpaired) electrons. The maximum Gasteiger partial charge on any atom is 0.193 e. The summed E-state index contributed by atoms with van der Waals surface area (Å²) in [4.78, 5) is 20.0. The van der Waals surface area contributed by atoms with Crippen LogP contribution in [0.1, 0.15) is 60.5 Å². The van der Waals surface area contributed by atoms with E-state index in [9.17, 15) is 4.79 Å². The Hall–Kier alpha value is -2.57. The van der Waals surface area contributed by atoms with Crippen LogP contribution in [0, 0.1) is 0 Å². The monoisotopic (exact) mass is 859 g/mol. The van der Waals surface area contributed by atoms with Crippen molar-refractivity contribution in [3.8, 4) is 11.5 Å². The van der Waals surface area contributed by atoms with E-state index in [1.165, 1.54) is 9.79 Å². The Balaban J connectivity index is -0.000000151. The molecule has 12 heteroatoms. The number of hydrogen-bond acceptors (Lipinski definition) is 9. The number of hydrogen-bond donors (Lipinski definition) is 6. The summed E-state index contributed by atoms with van der Waals surface area (Å²) < 4.78 is 5.62. The van der Waals surface area contributed by atoms with Crippen LogP contribution in [-0.4, -0.2) is 31.0 Å². The third-order valence-corrected chi connectivity index (χ3v) is 8.88. The van der Waals surface area contributed by atoms with Gasteiger partial charge in [-0.25, -0.2) is 0 Å². The molecule has 0 spiro atoms. The zero-order chi connectivity index (χ0) is 32.9. The van der Waals surface area contributed by atoms with Gasteiger partial charge in [-0.2, -0.15) is 0 Å². The highest BCUT2D eigenvalue weighted by atomic mass is 32.2. The van der Waals surface area contributed by atoms with Crippen molar-refractivity contribution in [3.05, 3.63) is 157 Å². The first-order valence-electron chi connectivity index (χ1n) is 13.8. The average Bonchev–Trinajstić information content (AvgIpc) is 3.06. The minimum Gasteiger partial charge on any atom is -0.457 e. The summed E-state index contributed by atoms with van der Waals surface area (Å²) in [6, 6.07) is 45.7. The average molecular weight is 860 g/mol. The van der Waals surface area contributed by atoms with Crippen LogP contribution in [0.4, 0.5) is 0 Å². The van der Waals surface area contributed by atoms with Crippen molar-refractivity contribution in [1.82, 2.24) is 0 Å². The van der Waals surface area contributed by atoms with Crippen LogP contribution in [-0.2, 0) is 0 Å². The first-order chi connectivity index (χ1) is 22.1. The van der Waals surface area contributed by atoms with Gasteiger partial charge >= 0.3 is 0 Å². The van der Waals surface area contributed by atoms with E-state index in [-0.39, 0.29) is 75.6 Å². The number of ether oxygens (including phenoxy) is 1. The highest BCUT2D eigenvalue weighted by Crippen LogP contribution is 2.29. The first kappa shape index (κ1) is 64.3. The molecule has 0 fully saturated rings. The molecule has 0 saturated heterocycles. The highest BCUT2D eigenvalue weighted by molar-refractivity contribution is 7.99. The van der Waals surface area contributed by atoms with E-state index in [0.717, 1.165) is 40.9 Å². The Morgan fingerprint density at radius 2 is 0.545 bits per heavy atom. The summed E-state index contributed by atoms with van der Waals surface area (Å²) in [6.45, 7) is 0. The van der Waals surface area contributed by atoms with Crippen LogP contribution in [0.2, 0.25) is 0 Å². The summed E-state index contributed by atoms with van der Waals surface area (Å²) in [5, 5.41) is 0. The van der Waals surface area contributed by atoms with Crippen LogP contribution in [0.15, 0.2) is 185 Å². The number of rotatable bonds is 6. The maximum absolute atomic E-state index is 12.0. The van der Waals surface area contributed by atoms with Crippen molar-refractivity contribution in [2.75, 3.05) is 0 Å². The van der Waals surface area contributed by atoms with Gasteiger partial charge in [-0.05, 0) is 146 Å². The Morgan fingerprint density at radius 1 is 0.345 bits per heavy atom. The topological polar surface area (TPSA) is 26.3 Å². The number of carbonyl (C=O) groups is 1. The standard InChI is InChI=1S/C13H10OS2.C12H10OS2.C12H10S3.6CH4.3B/c14-13(9-1-5-11(15)6-2-9)10-3-7-12(16)8-4-10;14-11-5-1-9(2-6-11)13-10-3-7-12(15)8-4-10;13-9-1-5-11(6-2-9)15-12-7-3-10(14)4-8-12;;;;;;;;;/h1-8,15-16H;1-8,14-15H;1-8,13-14H;6*1H4;;;. The van der Waals surface area contributed by atoms with E-state index in [1.54, 1.807) is 36.0 Å². The van der Waals surface area contributed by atoms with Crippen molar-refractivity contribution in [3.63, 3.8) is 0 Å². The molecule has 0 saturated carbocycles. The molecule has 0 aliphatic carbocycles. The summed E-state index contributed by atoms with van der Waals surface area (Å²) >= 11 is 27.0. The molecule has 0 aromatic heterocycles. The van der Waals surface area contributed by atoms with E-state index >= 15 is 0 Å². The predicted molar refractivity (Wildman–Crippen MR) is 267 cm³/mol.